The normalized spacial score (nSPS) is 53.1. The molecule has 7 rings (SSSR count). The molecule has 7 aliphatic heterocycles. The number of aliphatic hydroxyl groups is 17. The molecule has 0 radical (unpaired) electrons. The minimum atomic E-state index is -1.84. The van der Waals surface area contributed by atoms with Crippen molar-refractivity contribution in [3.05, 3.63) is 0 Å². The predicted octanol–water partition coefficient (Wildman–Crippen LogP) is -12.4. The van der Waals surface area contributed by atoms with E-state index in [4.69, 9.17) is 61.6 Å². The minimum absolute atomic E-state index is 0.588. The zero-order chi connectivity index (χ0) is 47.9. The highest BCUT2D eigenvalue weighted by Gasteiger charge is 2.57. The van der Waals surface area contributed by atoms with Gasteiger partial charge in [0.2, 0.25) is 0 Å². The first-order valence-corrected chi connectivity index (χ1v) is 21.1. The molecule has 0 aromatic heterocycles. The van der Waals surface area contributed by atoms with Gasteiger partial charge < -0.3 is 148 Å². The van der Waals surface area contributed by atoms with Crippen LogP contribution in [0.3, 0.4) is 0 Å². The average molecular weight is 973 g/mol. The monoisotopic (exact) mass is 972 g/mol. The lowest BCUT2D eigenvalue weighted by atomic mass is 9.99. The Bertz CT molecular complexity index is 1510. The van der Waals surface area contributed by atoms with E-state index < -0.39 is 225 Å². The molecule has 7 heterocycles. The molecular weight excluding hydrogens is 912 g/mol. The molecule has 17 N–H and O–H groups in total. The van der Waals surface area contributed by atoms with Crippen molar-refractivity contribution in [2.24, 2.45) is 0 Å². The first-order chi connectivity index (χ1) is 31.4. The molecule has 384 valence electrons. The Morgan fingerprint density at radius 1 is 0.258 bits per heavy atom. The van der Waals surface area contributed by atoms with E-state index in [0.717, 1.165) is 0 Å². The van der Waals surface area contributed by atoms with Crippen LogP contribution in [0, 0.1) is 0 Å². The van der Waals surface area contributed by atoms with Crippen LogP contribution in [0.25, 0.3) is 0 Å². The van der Waals surface area contributed by atoms with E-state index in [1.807, 2.05) is 0 Å². The Morgan fingerprint density at radius 2 is 0.591 bits per heavy atom. The van der Waals surface area contributed by atoms with Crippen molar-refractivity contribution < 1.29 is 148 Å². The maximum atomic E-state index is 11.5. The lowest BCUT2D eigenvalue weighted by Gasteiger charge is -2.39. The minimum Gasteiger partial charge on any atom is -0.394 e. The van der Waals surface area contributed by atoms with Crippen molar-refractivity contribution in [2.45, 2.75) is 178 Å². The van der Waals surface area contributed by atoms with E-state index in [-0.39, 0.29) is 0 Å². The van der Waals surface area contributed by atoms with E-state index in [1.54, 1.807) is 0 Å². The fourth-order valence-corrected chi connectivity index (χ4v) is 8.43. The summed E-state index contributed by atoms with van der Waals surface area (Å²) in [6.07, 6.45) is -47.0. The highest BCUT2D eigenvalue weighted by Crippen LogP contribution is 2.37. The Labute approximate surface area is 372 Å². The number of rotatable bonds is 19. The molecule has 0 bridgehead atoms. The second kappa shape index (κ2) is 22.5. The summed E-state index contributed by atoms with van der Waals surface area (Å²) in [6.45, 7) is -4.94. The molecule has 1 unspecified atom stereocenters. The Morgan fingerprint density at radius 3 is 1.12 bits per heavy atom. The van der Waals surface area contributed by atoms with Crippen molar-refractivity contribution in [3.8, 4) is 0 Å². The van der Waals surface area contributed by atoms with Crippen molar-refractivity contribution in [3.63, 3.8) is 0 Å². The summed E-state index contributed by atoms with van der Waals surface area (Å²) in [5, 5.41) is 175. The first kappa shape index (κ1) is 52.6. The van der Waals surface area contributed by atoms with Gasteiger partial charge in [-0.05, 0) is 0 Å². The molecule has 7 saturated heterocycles. The van der Waals surface area contributed by atoms with Crippen LogP contribution in [-0.4, -0.2) is 311 Å². The van der Waals surface area contributed by atoms with Gasteiger partial charge in [0, 0.05) is 0 Å². The Hall–Kier alpha value is -1.20. The van der Waals surface area contributed by atoms with Crippen LogP contribution in [0.1, 0.15) is 0 Å². The van der Waals surface area contributed by atoms with Gasteiger partial charge in [0.15, 0.2) is 44.0 Å². The van der Waals surface area contributed by atoms with Crippen LogP contribution in [-0.2, 0) is 61.6 Å². The Balaban J connectivity index is 1.03. The van der Waals surface area contributed by atoms with Gasteiger partial charge in [0.1, 0.15) is 134 Å². The molecule has 0 spiro atoms. The van der Waals surface area contributed by atoms with Gasteiger partial charge in [-0.15, -0.1) is 0 Å². The van der Waals surface area contributed by atoms with Crippen LogP contribution in [0.15, 0.2) is 0 Å². The van der Waals surface area contributed by atoms with E-state index in [9.17, 15) is 86.8 Å². The van der Waals surface area contributed by atoms with E-state index in [2.05, 4.69) is 0 Å². The van der Waals surface area contributed by atoms with Crippen LogP contribution in [0.2, 0.25) is 0 Å². The predicted molar refractivity (Wildman–Crippen MR) is 196 cm³/mol. The number of hydrogen-bond acceptors (Lipinski definition) is 30. The highest BCUT2D eigenvalue weighted by molar-refractivity contribution is 4.97. The lowest BCUT2D eigenvalue weighted by molar-refractivity contribution is -0.308. The molecule has 0 saturated carbocycles. The largest absolute Gasteiger partial charge is 0.394 e. The van der Waals surface area contributed by atoms with Gasteiger partial charge in [-0.1, -0.05) is 0 Å². The van der Waals surface area contributed by atoms with Gasteiger partial charge in [-0.3, -0.25) is 0 Å². The van der Waals surface area contributed by atoms with Crippen molar-refractivity contribution in [1.82, 2.24) is 0 Å². The third-order valence-electron chi connectivity index (χ3n) is 12.4. The van der Waals surface area contributed by atoms with Crippen molar-refractivity contribution >= 4 is 0 Å². The molecule has 7 aliphatic rings. The molecule has 0 aliphatic carbocycles. The maximum absolute atomic E-state index is 11.5. The zero-order valence-electron chi connectivity index (χ0n) is 34.6. The molecule has 66 heavy (non-hydrogen) atoms. The summed E-state index contributed by atoms with van der Waals surface area (Å²) >= 11 is 0. The summed E-state index contributed by atoms with van der Waals surface area (Å²) in [6, 6.07) is 0. The fourth-order valence-electron chi connectivity index (χ4n) is 8.43. The van der Waals surface area contributed by atoms with Gasteiger partial charge in [-0.2, -0.15) is 0 Å². The van der Waals surface area contributed by atoms with Gasteiger partial charge in [0.25, 0.3) is 0 Å². The fraction of sp³-hybridized carbons (Fsp3) is 1.00. The summed E-state index contributed by atoms with van der Waals surface area (Å²) in [5.41, 5.74) is 0. The quantitative estimate of drug-likeness (QED) is 0.0571. The van der Waals surface area contributed by atoms with E-state index in [0.29, 0.717) is 0 Å². The molecule has 0 aromatic rings. The summed E-state index contributed by atoms with van der Waals surface area (Å²) < 4.78 is 73.2. The smallest absolute Gasteiger partial charge is 0.187 e. The molecule has 7 fully saturated rings. The van der Waals surface area contributed by atoms with E-state index >= 15 is 0 Å². The third-order valence-corrected chi connectivity index (χ3v) is 12.4. The standard InChI is InChI=1S/C36H60O30/c37-1-8-15(41)21(47)25(51)31(58-8)54-6-13-18(44)24(50)34(62-13)65-28-19(45)10(3-39)60-35(28)56-7-14-27(26(52)32(63-14)55-5-12-17(43)22(48)30(53)57-12)64-36-29(20(46)11(4-40)61-36)66-33-23(49)16(42)9(2-38)59-33/h8-53H,1-7H2/t8-,9-,10-,11-,12-,13-,14-,15-,16-,17-,18-,19-,20-,21+,22+,23+,24+,25+,26+,27-,28+,29+,30?,31+,32+,33+,34+,35+,36-/m1/s1. The van der Waals surface area contributed by atoms with Gasteiger partial charge >= 0.3 is 0 Å². The summed E-state index contributed by atoms with van der Waals surface area (Å²) in [7, 11) is 0. The molecular formula is C36H60O30. The SMILES string of the molecule is OC[C@H]1O[C@H](OC[C@H]2O[C@@H](O[C@@H]3[C@@H](OC[C@H]4O[C@H](OC[C@H]5OC(O)[C@@H](O)[C@@H]5O)[C@@H](O)[C@@H]4O[C@H]4O[C@H](CO)[C@@H](O)[C@@H]4O[C@@H]4O[C@H](CO)[C@@H](O)[C@@H]4O)O[C@H](CO)[C@H]3O)[C@@H](O)[C@@H]2O)[C@@H](O)[C@@H](O)[C@@H]1O. The second-order valence-electron chi connectivity index (χ2n) is 16.7. The van der Waals surface area contributed by atoms with Crippen LogP contribution in [0.5, 0.6) is 0 Å². The topological polar surface area (TPSA) is 464 Å². The van der Waals surface area contributed by atoms with Gasteiger partial charge in [0.05, 0.1) is 46.2 Å². The zero-order valence-corrected chi connectivity index (χ0v) is 34.6. The summed E-state index contributed by atoms with van der Waals surface area (Å²) in [4.78, 5) is 0. The first-order valence-electron chi connectivity index (χ1n) is 21.1. The highest BCUT2D eigenvalue weighted by atomic mass is 16.8. The lowest BCUT2D eigenvalue weighted by Crippen LogP contribution is -2.59. The molecule has 0 aromatic carbocycles. The van der Waals surface area contributed by atoms with Crippen molar-refractivity contribution in [1.29, 1.82) is 0 Å². The third kappa shape index (κ3) is 10.7. The molecule has 30 heteroatoms. The number of aliphatic hydroxyl groups excluding tert-OH is 17. The molecule has 29 atom stereocenters. The van der Waals surface area contributed by atoms with Crippen molar-refractivity contribution in [2.75, 3.05) is 46.2 Å². The van der Waals surface area contributed by atoms with Crippen LogP contribution in [0.4, 0.5) is 0 Å². The maximum Gasteiger partial charge on any atom is 0.187 e. The second-order valence-corrected chi connectivity index (χ2v) is 16.7. The van der Waals surface area contributed by atoms with Gasteiger partial charge in [-0.25, -0.2) is 0 Å². The van der Waals surface area contributed by atoms with Crippen LogP contribution >= 0.6 is 0 Å². The Kier molecular flexibility index (Phi) is 17.9. The summed E-state index contributed by atoms with van der Waals surface area (Å²) in [5.74, 6) is 0. The number of ether oxygens (including phenoxy) is 13. The van der Waals surface area contributed by atoms with E-state index in [1.165, 1.54) is 0 Å². The van der Waals surface area contributed by atoms with Crippen LogP contribution < -0.4 is 0 Å². The number of hydrogen-bond donors (Lipinski definition) is 17. The molecule has 30 nitrogen and oxygen atoms in total. The molecule has 0 amide bonds. The average Bonchev–Trinajstić information content (AvgIpc) is 4.09.